The minimum Gasteiger partial charge on any atom is -0.496 e. The Bertz CT molecular complexity index is 425. The number of methoxy groups -OCH3 is 1. The second-order valence-corrected chi connectivity index (χ2v) is 5.62. The zero-order chi connectivity index (χ0) is 13.1. The second-order valence-electron chi connectivity index (χ2n) is 5.24. The van der Waals surface area contributed by atoms with Crippen LogP contribution in [-0.4, -0.2) is 20.2 Å². The van der Waals surface area contributed by atoms with E-state index in [0.29, 0.717) is 5.92 Å². The van der Waals surface area contributed by atoms with E-state index in [1.165, 1.54) is 18.4 Å². The zero-order valence-corrected chi connectivity index (χ0v) is 12.2. The maximum atomic E-state index is 6.28. The summed E-state index contributed by atoms with van der Waals surface area (Å²) in [5.74, 6) is 1.68. The van der Waals surface area contributed by atoms with E-state index in [9.17, 15) is 0 Å². The van der Waals surface area contributed by atoms with Crippen molar-refractivity contribution < 1.29 is 4.74 Å². The van der Waals surface area contributed by atoms with Gasteiger partial charge in [-0.15, -0.1) is 0 Å². The molecule has 0 bridgehead atoms. The van der Waals surface area contributed by atoms with Crippen LogP contribution in [0, 0.1) is 19.8 Å². The summed E-state index contributed by atoms with van der Waals surface area (Å²) in [6.45, 7) is 6.38. The van der Waals surface area contributed by atoms with E-state index in [2.05, 4.69) is 18.3 Å². The van der Waals surface area contributed by atoms with Crippen LogP contribution in [0.1, 0.15) is 29.5 Å². The first-order valence-electron chi connectivity index (χ1n) is 6.66. The summed E-state index contributed by atoms with van der Waals surface area (Å²) in [6.07, 6.45) is 3.66. The molecule has 3 heteroatoms. The summed E-state index contributed by atoms with van der Waals surface area (Å²) in [5, 5.41) is 4.30. The summed E-state index contributed by atoms with van der Waals surface area (Å²) >= 11 is 6.28. The van der Waals surface area contributed by atoms with Gasteiger partial charge >= 0.3 is 0 Å². The van der Waals surface area contributed by atoms with Crippen molar-refractivity contribution in [3.8, 4) is 5.75 Å². The van der Waals surface area contributed by atoms with Crippen molar-refractivity contribution >= 4 is 11.6 Å². The van der Waals surface area contributed by atoms with Crippen molar-refractivity contribution in [2.24, 2.45) is 5.92 Å². The van der Waals surface area contributed by atoms with E-state index < -0.39 is 0 Å². The number of nitrogens with one attached hydrogen (secondary N) is 1. The van der Waals surface area contributed by atoms with E-state index in [4.69, 9.17) is 16.3 Å². The number of ether oxygens (including phenoxy) is 1. The fourth-order valence-corrected chi connectivity index (χ4v) is 3.01. The third-order valence-corrected chi connectivity index (χ3v) is 4.39. The molecule has 1 aliphatic heterocycles. The highest BCUT2D eigenvalue weighted by molar-refractivity contribution is 6.32. The average molecular weight is 268 g/mol. The van der Waals surface area contributed by atoms with E-state index in [1.807, 2.05) is 6.92 Å². The Labute approximate surface area is 115 Å². The third kappa shape index (κ3) is 2.81. The van der Waals surface area contributed by atoms with Gasteiger partial charge in [-0.25, -0.2) is 0 Å². The van der Waals surface area contributed by atoms with Gasteiger partial charge in [-0.05, 0) is 63.2 Å². The molecule has 0 aliphatic carbocycles. The van der Waals surface area contributed by atoms with Gasteiger partial charge in [0.15, 0.2) is 0 Å². The number of hydrogen-bond donors (Lipinski definition) is 1. The largest absolute Gasteiger partial charge is 0.496 e. The summed E-state index contributed by atoms with van der Waals surface area (Å²) in [7, 11) is 1.73. The molecule has 1 fully saturated rings. The molecule has 100 valence electrons. The molecule has 0 saturated carbocycles. The van der Waals surface area contributed by atoms with Crippen LogP contribution in [-0.2, 0) is 6.42 Å². The highest BCUT2D eigenvalue weighted by atomic mass is 35.5. The van der Waals surface area contributed by atoms with Gasteiger partial charge in [-0.1, -0.05) is 17.7 Å². The molecule has 2 rings (SSSR count). The standard InChI is InChI=1S/C15H22ClNO/c1-10-7-13(8-12-5-4-6-17-9-12)15(18-3)11(2)14(10)16/h7,12,17H,4-6,8-9H2,1-3H3. The fourth-order valence-electron chi connectivity index (χ4n) is 2.87. The minimum absolute atomic E-state index is 0.715. The molecule has 1 unspecified atom stereocenters. The van der Waals surface area contributed by atoms with Crippen molar-refractivity contribution in [2.75, 3.05) is 20.2 Å². The van der Waals surface area contributed by atoms with Crippen LogP contribution in [0.4, 0.5) is 0 Å². The monoisotopic (exact) mass is 267 g/mol. The Morgan fingerprint density at radius 3 is 2.83 bits per heavy atom. The Balaban J connectivity index is 2.25. The first-order chi connectivity index (χ1) is 8.63. The molecular weight excluding hydrogens is 246 g/mol. The molecule has 2 nitrogen and oxygen atoms in total. The lowest BCUT2D eigenvalue weighted by Gasteiger charge is -2.24. The van der Waals surface area contributed by atoms with Crippen LogP contribution in [0.3, 0.4) is 0 Å². The molecule has 1 saturated heterocycles. The number of piperidine rings is 1. The zero-order valence-electron chi connectivity index (χ0n) is 11.5. The van der Waals surface area contributed by atoms with Crippen LogP contribution < -0.4 is 10.1 Å². The third-order valence-electron chi connectivity index (χ3n) is 3.81. The molecule has 18 heavy (non-hydrogen) atoms. The summed E-state index contributed by atoms with van der Waals surface area (Å²) in [4.78, 5) is 0. The van der Waals surface area contributed by atoms with Crippen LogP contribution in [0.2, 0.25) is 5.02 Å². The molecule has 0 radical (unpaired) electrons. The van der Waals surface area contributed by atoms with Crippen molar-refractivity contribution in [1.82, 2.24) is 5.32 Å². The summed E-state index contributed by atoms with van der Waals surface area (Å²) < 4.78 is 5.55. The second kappa shape index (κ2) is 5.94. The van der Waals surface area contributed by atoms with E-state index in [0.717, 1.165) is 41.4 Å². The van der Waals surface area contributed by atoms with E-state index in [-0.39, 0.29) is 0 Å². The van der Waals surface area contributed by atoms with Crippen molar-refractivity contribution in [3.05, 3.63) is 27.8 Å². The van der Waals surface area contributed by atoms with Crippen LogP contribution in [0.15, 0.2) is 6.07 Å². The summed E-state index contributed by atoms with van der Waals surface area (Å²) in [5.41, 5.74) is 3.51. The normalized spacial score (nSPS) is 19.9. The predicted octanol–water partition coefficient (Wildman–Crippen LogP) is 3.51. The van der Waals surface area contributed by atoms with E-state index >= 15 is 0 Å². The lowest BCUT2D eigenvalue weighted by Crippen LogP contribution is -2.31. The number of rotatable bonds is 3. The molecule has 1 atom stereocenters. The van der Waals surface area contributed by atoms with Crippen molar-refractivity contribution in [3.63, 3.8) is 0 Å². The van der Waals surface area contributed by atoms with Gasteiger partial charge in [-0.3, -0.25) is 0 Å². The lowest BCUT2D eigenvalue weighted by atomic mass is 9.90. The molecular formula is C15H22ClNO. The molecule has 1 N–H and O–H groups in total. The first kappa shape index (κ1) is 13.7. The van der Waals surface area contributed by atoms with Crippen LogP contribution >= 0.6 is 11.6 Å². The lowest BCUT2D eigenvalue weighted by molar-refractivity contribution is 0.363. The highest BCUT2D eigenvalue weighted by Crippen LogP contribution is 2.34. The Morgan fingerprint density at radius 1 is 1.44 bits per heavy atom. The molecule has 1 heterocycles. The van der Waals surface area contributed by atoms with E-state index in [1.54, 1.807) is 7.11 Å². The van der Waals surface area contributed by atoms with Crippen LogP contribution in [0.5, 0.6) is 5.75 Å². The number of benzene rings is 1. The minimum atomic E-state index is 0.715. The fraction of sp³-hybridized carbons (Fsp3) is 0.600. The molecule has 1 aliphatic rings. The molecule has 1 aromatic rings. The topological polar surface area (TPSA) is 21.3 Å². The molecule has 0 spiro atoms. The van der Waals surface area contributed by atoms with Crippen LogP contribution in [0.25, 0.3) is 0 Å². The first-order valence-corrected chi connectivity index (χ1v) is 7.04. The van der Waals surface area contributed by atoms with Gasteiger partial charge in [-0.2, -0.15) is 0 Å². The number of halogens is 1. The molecule has 1 aromatic carbocycles. The van der Waals surface area contributed by atoms with Gasteiger partial charge in [0.1, 0.15) is 5.75 Å². The maximum Gasteiger partial charge on any atom is 0.126 e. The van der Waals surface area contributed by atoms with Gasteiger partial charge in [0.05, 0.1) is 12.1 Å². The van der Waals surface area contributed by atoms with Gasteiger partial charge in [0.2, 0.25) is 0 Å². The quantitative estimate of drug-likeness (QED) is 0.905. The smallest absolute Gasteiger partial charge is 0.126 e. The number of aryl methyl sites for hydroxylation is 1. The van der Waals surface area contributed by atoms with Crippen molar-refractivity contribution in [1.29, 1.82) is 0 Å². The Kier molecular flexibility index (Phi) is 4.52. The Morgan fingerprint density at radius 2 is 2.22 bits per heavy atom. The van der Waals surface area contributed by atoms with Crippen molar-refractivity contribution in [2.45, 2.75) is 33.1 Å². The van der Waals surface area contributed by atoms with Gasteiger partial charge in [0, 0.05) is 5.56 Å². The Hall–Kier alpha value is -0.730. The summed E-state index contributed by atoms with van der Waals surface area (Å²) in [6, 6.07) is 2.18. The molecule has 0 aromatic heterocycles. The predicted molar refractivity (Wildman–Crippen MR) is 76.8 cm³/mol. The maximum absolute atomic E-state index is 6.28. The SMILES string of the molecule is COc1c(CC2CCCNC2)cc(C)c(Cl)c1C. The number of hydrogen-bond acceptors (Lipinski definition) is 2. The van der Waals surface area contributed by atoms with Gasteiger partial charge in [0.25, 0.3) is 0 Å². The molecule has 0 amide bonds. The average Bonchev–Trinajstić information content (AvgIpc) is 2.38. The van der Waals surface area contributed by atoms with Gasteiger partial charge < -0.3 is 10.1 Å². The highest BCUT2D eigenvalue weighted by Gasteiger charge is 2.18.